The van der Waals surface area contributed by atoms with Crippen molar-refractivity contribution in [1.82, 2.24) is 4.90 Å². The van der Waals surface area contributed by atoms with E-state index in [1.54, 1.807) is 0 Å². The second kappa shape index (κ2) is 6.90. The Morgan fingerprint density at radius 2 is 1.86 bits per heavy atom. The Bertz CT molecular complexity index is 655. The summed E-state index contributed by atoms with van der Waals surface area (Å²) < 4.78 is 0. The number of hydrogen-bond donors (Lipinski definition) is 1. The molecule has 0 aliphatic carbocycles. The van der Waals surface area contributed by atoms with Crippen LogP contribution in [0.15, 0.2) is 48.5 Å². The molecular formula is C17H17ClN2S2. The third-order valence-electron chi connectivity index (χ3n) is 3.61. The number of aryl methyl sites for hydroxylation is 1. The van der Waals surface area contributed by atoms with Crippen LogP contribution in [0.2, 0.25) is 5.02 Å². The van der Waals surface area contributed by atoms with Crippen molar-refractivity contribution in [2.24, 2.45) is 0 Å². The van der Waals surface area contributed by atoms with E-state index in [0.717, 1.165) is 28.1 Å². The van der Waals surface area contributed by atoms with E-state index in [9.17, 15) is 0 Å². The summed E-state index contributed by atoms with van der Waals surface area (Å²) in [6.07, 6.45) is 0. The van der Waals surface area contributed by atoms with Crippen molar-refractivity contribution in [2.45, 2.75) is 12.3 Å². The Labute approximate surface area is 145 Å². The second-order valence-electron chi connectivity index (χ2n) is 5.26. The number of hydrogen-bond acceptors (Lipinski definition) is 2. The Hall–Kier alpha value is -1.23. The molecule has 22 heavy (non-hydrogen) atoms. The highest BCUT2D eigenvalue weighted by atomic mass is 35.5. The zero-order chi connectivity index (χ0) is 15.5. The molecule has 0 aromatic heterocycles. The van der Waals surface area contributed by atoms with Crippen molar-refractivity contribution in [3.63, 3.8) is 0 Å². The first-order valence-electron chi connectivity index (χ1n) is 7.15. The quantitative estimate of drug-likeness (QED) is 0.760. The molecule has 1 atom stereocenters. The summed E-state index contributed by atoms with van der Waals surface area (Å²) in [6.45, 7) is 3.03. The lowest BCUT2D eigenvalue weighted by Gasteiger charge is -2.27. The van der Waals surface area contributed by atoms with Gasteiger partial charge in [0.2, 0.25) is 0 Å². The van der Waals surface area contributed by atoms with Crippen LogP contribution in [0.3, 0.4) is 0 Å². The maximum Gasteiger partial charge on any atom is 0.174 e. The fraction of sp³-hybridized carbons (Fsp3) is 0.235. The largest absolute Gasteiger partial charge is 0.333 e. The lowest BCUT2D eigenvalue weighted by Crippen LogP contribution is -2.34. The van der Waals surface area contributed by atoms with Gasteiger partial charge in [-0.2, -0.15) is 0 Å². The summed E-state index contributed by atoms with van der Waals surface area (Å²) in [5, 5.41) is 5.13. The van der Waals surface area contributed by atoms with Gasteiger partial charge in [0.15, 0.2) is 5.11 Å². The van der Waals surface area contributed by atoms with Gasteiger partial charge in [0, 0.05) is 23.0 Å². The number of halogens is 1. The molecule has 1 aliphatic heterocycles. The van der Waals surface area contributed by atoms with Gasteiger partial charge in [-0.1, -0.05) is 41.4 Å². The average Bonchev–Trinajstić information content (AvgIpc) is 3.00. The van der Waals surface area contributed by atoms with Crippen molar-refractivity contribution in [2.75, 3.05) is 17.6 Å². The summed E-state index contributed by atoms with van der Waals surface area (Å²) in [4.78, 5) is 2.24. The van der Waals surface area contributed by atoms with Crippen molar-refractivity contribution in [3.05, 3.63) is 64.7 Å². The molecule has 1 N–H and O–H groups in total. The predicted molar refractivity (Wildman–Crippen MR) is 101 cm³/mol. The van der Waals surface area contributed by atoms with E-state index in [1.165, 1.54) is 11.1 Å². The Morgan fingerprint density at radius 3 is 2.55 bits per heavy atom. The maximum absolute atomic E-state index is 5.98. The van der Waals surface area contributed by atoms with Crippen LogP contribution in [0.5, 0.6) is 0 Å². The number of nitrogens with zero attached hydrogens (tertiary/aromatic N) is 1. The summed E-state index contributed by atoms with van der Waals surface area (Å²) >= 11 is 13.5. The van der Waals surface area contributed by atoms with E-state index < -0.39 is 0 Å². The molecule has 0 saturated carbocycles. The molecule has 1 heterocycles. The minimum Gasteiger partial charge on any atom is -0.333 e. The minimum atomic E-state index is 0.253. The Morgan fingerprint density at radius 1 is 1.18 bits per heavy atom. The first kappa shape index (κ1) is 15.7. The third-order valence-corrected chi connectivity index (χ3v) is 5.46. The fourth-order valence-electron chi connectivity index (χ4n) is 2.41. The summed E-state index contributed by atoms with van der Waals surface area (Å²) in [7, 11) is 0. The van der Waals surface area contributed by atoms with Crippen LogP contribution >= 0.6 is 35.6 Å². The third kappa shape index (κ3) is 3.57. The standard InChI is InChI=1S/C17H17ClN2S2/c1-12-2-8-15(9-3-12)19-17(21)20-10-11-22-16(20)13-4-6-14(18)7-5-13/h2-9,16H,10-11H2,1H3,(H,19,21)/t16-/m1/s1. The van der Waals surface area contributed by atoms with Crippen LogP contribution in [0.1, 0.15) is 16.5 Å². The highest BCUT2D eigenvalue weighted by molar-refractivity contribution is 7.99. The molecular weight excluding hydrogens is 332 g/mol. The monoisotopic (exact) mass is 348 g/mol. The molecule has 5 heteroatoms. The van der Waals surface area contributed by atoms with Crippen LogP contribution in [-0.4, -0.2) is 22.3 Å². The van der Waals surface area contributed by atoms with Gasteiger partial charge in [-0.25, -0.2) is 0 Å². The normalized spacial score (nSPS) is 17.5. The van der Waals surface area contributed by atoms with Gasteiger partial charge in [-0.05, 0) is 49.0 Å². The molecule has 1 fully saturated rings. The lowest BCUT2D eigenvalue weighted by molar-refractivity contribution is 0.458. The van der Waals surface area contributed by atoms with Crippen molar-refractivity contribution < 1.29 is 0 Å². The molecule has 0 unspecified atom stereocenters. The highest BCUT2D eigenvalue weighted by Crippen LogP contribution is 2.38. The van der Waals surface area contributed by atoms with E-state index in [2.05, 4.69) is 53.5 Å². The number of anilines is 1. The van der Waals surface area contributed by atoms with Gasteiger partial charge >= 0.3 is 0 Å². The van der Waals surface area contributed by atoms with Gasteiger partial charge in [0.1, 0.15) is 5.37 Å². The average molecular weight is 349 g/mol. The molecule has 0 amide bonds. The number of thioether (sulfide) groups is 1. The van der Waals surface area contributed by atoms with E-state index >= 15 is 0 Å². The van der Waals surface area contributed by atoms with Crippen LogP contribution < -0.4 is 5.32 Å². The predicted octanol–water partition coefficient (Wildman–Crippen LogP) is 5.09. The summed E-state index contributed by atoms with van der Waals surface area (Å²) in [5.74, 6) is 1.07. The fourth-order valence-corrected chi connectivity index (χ4v) is 4.19. The molecule has 114 valence electrons. The van der Waals surface area contributed by atoms with E-state index in [1.807, 2.05) is 23.9 Å². The van der Waals surface area contributed by atoms with Crippen LogP contribution in [-0.2, 0) is 0 Å². The molecule has 0 radical (unpaired) electrons. The van der Waals surface area contributed by atoms with Crippen molar-refractivity contribution in [1.29, 1.82) is 0 Å². The van der Waals surface area contributed by atoms with Crippen LogP contribution in [0.4, 0.5) is 5.69 Å². The van der Waals surface area contributed by atoms with Crippen molar-refractivity contribution in [3.8, 4) is 0 Å². The molecule has 0 spiro atoms. The topological polar surface area (TPSA) is 15.3 Å². The summed E-state index contributed by atoms with van der Waals surface area (Å²) in [5.41, 5.74) is 3.51. The SMILES string of the molecule is Cc1ccc(NC(=S)N2CCS[C@@H]2c2ccc(Cl)cc2)cc1. The van der Waals surface area contributed by atoms with E-state index in [0.29, 0.717) is 0 Å². The van der Waals surface area contributed by atoms with Crippen LogP contribution in [0, 0.1) is 6.92 Å². The first-order chi connectivity index (χ1) is 10.6. The minimum absolute atomic E-state index is 0.253. The Kier molecular flexibility index (Phi) is 4.91. The lowest BCUT2D eigenvalue weighted by atomic mass is 10.2. The number of benzene rings is 2. The number of rotatable bonds is 2. The molecule has 1 aliphatic rings. The maximum atomic E-state index is 5.98. The molecule has 2 aromatic rings. The number of nitrogens with one attached hydrogen (secondary N) is 1. The highest BCUT2D eigenvalue weighted by Gasteiger charge is 2.28. The molecule has 2 nitrogen and oxygen atoms in total. The first-order valence-corrected chi connectivity index (χ1v) is 8.98. The van der Waals surface area contributed by atoms with Crippen molar-refractivity contribution >= 4 is 46.4 Å². The van der Waals surface area contributed by atoms with Gasteiger partial charge in [-0.3, -0.25) is 0 Å². The van der Waals surface area contributed by atoms with E-state index in [-0.39, 0.29) is 5.37 Å². The van der Waals surface area contributed by atoms with E-state index in [4.69, 9.17) is 23.8 Å². The second-order valence-corrected chi connectivity index (χ2v) is 7.28. The zero-order valence-corrected chi connectivity index (χ0v) is 14.6. The molecule has 1 saturated heterocycles. The zero-order valence-electron chi connectivity index (χ0n) is 12.3. The smallest absolute Gasteiger partial charge is 0.174 e. The van der Waals surface area contributed by atoms with Crippen LogP contribution in [0.25, 0.3) is 0 Å². The molecule has 3 rings (SSSR count). The van der Waals surface area contributed by atoms with Gasteiger partial charge in [-0.15, -0.1) is 11.8 Å². The van der Waals surface area contributed by atoms with Gasteiger partial charge in [0.05, 0.1) is 0 Å². The molecule has 0 bridgehead atoms. The van der Waals surface area contributed by atoms with Gasteiger partial charge < -0.3 is 10.2 Å². The summed E-state index contributed by atoms with van der Waals surface area (Å²) in [6, 6.07) is 16.3. The molecule has 2 aromatic carbocycles. The number of thiocarbonyl (C=S) groups is 1. The van der Waals surface area contributed by atoms with Gasteiger partial charge in [0.25, 0.3) is 0 Å². The Balaban J connectivity index is 1.73.